The van der Waals surface area contributed by atoms with E-state index < -0.39 is 15.9 Å². The number of benzene rings is 2. The van der Waals surface area contributed by atoms with Crippen molar-refractivity contribution in [2.75, 3.05) is 19.7 Å². The van der Waals surface area contributed by atoms with E-state index in [4.69, 9.17) is 10.5 Å². The number of aromatic nitrogens is 2. The largest absolute Gasteiger partial charge is 0.491 e. The van der Waals surface area contributed by atoms with Gasteiger partial charge in [0.25, 0.3) is 5.91 Å². The lowest BCUT2D eigenvalue weighted by atomic mass is 10.2. The van der Waals surface area contributed by atoms with Gasteiger partial charge >= 0.3 is 0 Å². The molecule has 0 aliphatic carbocycles. The second-order valence-corrected chi connectivity index (χ2v) is 9.22. The third-order valence-electron chi connectivity index (χ3n) is 5.34. The highest BCUT2D eigenvalue weighted by atomic mass is 32.2. The van der Waals surface area contributed by atoms with Crippen LogP contribution in [0.5, 0.6) is 5.75 Å². The predicted octanol–water partition coefficient (Wildman–Crippen LogP) is 2.31. The summed E-state index contributed by atoms with van der Waals surface area (Å²) in [6.07, 6.45) is 1.68. The fraction of sp³-hybridized carbons (Fsp3) is 0.333. The number of carbonyl (C=O) groups excluding carboxylic acids is 1. The van der Waals surface area contributed by atoms with Gasteiger partial charge in [-0.1, -0.05) is 12.1 Å². The van der Waals surface area contributed by atoms with E-state index in [9.17, 15) is 13.2 Å². The Bertz CT molecular complexity index is 1200. The number of primary amides is 1. The van der Waals surface area contributed by atoms with E-state index in [0.29, 0.717) is 19.6 Å². The van der Waals surface area contributed by atoms with Gasteiger partial charge in [-0.2, -0.15) is 4.31 Å². The summed E-state index contributed by atoms with van der Waals surface area (Å²) < 4.78 is 34.8. The molecule has 3 aromatic rings. The molecule has 2 aromatic carbocycles. The SMILES string of the molecule is Cc1nc2ccccc2n1CCOc1ccc(S(=O)(=O)N2CCCC2)cc1C(N)=O. The molecule has 0 bridgehead atoms. The van der Waals surface area contributed by atoms with E-state index in [1.165, 1.54) is 22.5 Å². The molecular formula is C21H24N4O4S. The molecule has 0 saturated carbocycles. The molecule has 9 heteroatoms. The van der Waals surface area contributed by atoms with Crippen LogP contribution in [0.1, 0.15) is 29.0 Å². The van der Waals surface area contributed by atoms with Crippen LogP contribution in [0.15, 0.2) is 47.4 Å². The van der Waals surface area contributed by atoms with Crippen molar-refractivity contribution >= 4 is 27.0 Å². The normalized spacial score (nSPS) is 15.0. The van der Waals surface area contributed by atoms with Gasteiger partial charge in [0.1, 0.15) is 18.2 Å². The molecule has 1 aliphatic heterocycles. The van der Waals surface area contributed by atoms with Gasteiger partial charge in [-0.25, -0.2) is 13.4 Å². The summed E-state index contributed by atoms with van der Waals surface area (Å²) in [5.41, 5.74) is 7.47. The number of ether oxygens (including phenoxy) is 1. The van der Waals surface area contributed by atoms with Crippen LogP contribution in [0.2, 0.25) is 0 Å². The Hall–Kier alpha value is -2.91. The third-order valence-corrected chi connectivity index (χ3v) is 7.23. The van der Waals surface area contributed by atoms with Gasteiger partial charge in [0.2, 0.25) is 10.0 Å². The number of para-hydroxylation sites is 2. The minimum absolute atomic E-state index is 0.0574. The van der Waals surface area contributed by atoms with Crippen LogP contribution in [-0.2, 0) is 16.6 Å². The second kappa shape index (κ2) is 8.08. The number of hydrogen-bond acceptors (Lipinski definition) is 5. The predicted molar refractivity (Wildman–Crippen MR) is 113 cm³/mol. The first-order valence-electron chi connectivity index (χ1n) is 9.86. The van der Waals surface area contributed by atoms with E-state index in [1.54, 1.807) is 0 Å². The molecule has 0 radical (unpaired) electrons. The van der Waals surface area contributed by atoms with Crippen molar-refractivity contribution in [3.05, 3.63) is 53.9 Å². The van der Waals surface area contributed by atoms with E-state index in [-0.39, 0.29) is 22.8 Å². The Balaban J connectivity index is 1.54. The van der Waals surface area contributed by atoms with Crippen molar-refractivity contribution in [1.29, 1.82) is 0 Å². The highest BCUT2D eigenvalue weighted by Crippen LogP contribution is 2.26. The molecule has 0 spiro atoms. The number of aryl methyl sites for hydroxylation is 1. The molecule has 8 nitrogen and oxygen atoms in total. The molecule has 2 N–H and O–H groups in total. The third kappa shape index (κ3) is 3.78. The van der Waals surface area contributed by atoms with Crippen LogP contribution >= 0.6 is 0 Å². The lowest BCUT2D eigenvalue weighted by Gasteiger charge is -2.17. The smallest absolute Gasteiger partial charge is 0.252 e. The van der Waals surface area contributed by atoms with Gasteiger partial charge in [-0.15, -0.1) is 0 Å². The molecule has 1 saturated heterocycles. The molecule has 4 rings (SSSR count). The molecular weight excluding hydrogens is 404 g/mol. The minimum Gasteiger partial charge on any atom is -0.491 e. The topological polar surface area (TPSA) is 108 Å². The Morgan fingerprint density at radius 1 is 1.17 bits per heavy atom. The van der Waals surface area contributed by atoms with Crippen LogP contribution in [0.4, 0.5) is 0 Å². The number of nitrogens with two attached hydrogens (primary N) is 1. The maximum absolute atomic E-state index is 12.8. The number of amides is 1. The number of sulfonamides is 1. The maximum atomic E-state index is 12.8. The van der Waals surface area contributed by atoms with Crippen molar-refractivity contribution in [3.63, 3.8) is 0 Å². The van der Waals surface area contributed by atoms with Crippen LogP contribution in [0.3, 0.4) is 0 Å². The molecule has 2 heterocycles. The number of carbonyl (C=O) groups is 1. The summed E-state index contributed by atoms with van der Waals surface area (Å²) in [5.74, 6) is 0.402. The van der Waals surface area contributed by atoms with Gasteiger partial charge < -0.3 is 15.0 Å². The number of hydrogen-bond donors (Lipinski definition) is 1. The number of imidazole rings is 1. The average Bonchev–Trinajstić information content (AvgIpc) is 3.37. The van der Waals surface area contributed by atoms with Crippen LogP contribution in [0, 0.1) is 6.92 Å². The maximum Gasteiger partial charge on any atom is 0.252 e. The summed E-state index contributed by atoms with van der Waals surface area (Å²) in [5, 5.41) is 0. The molecule has 0 atom stereocenters. The van der Waals surface area contributed by atoms with Gasteiger partial charge in [0.15, 0.2) is 0 Å². The van der Waals surface area contributed by atoms with Crippen molar-refractivity contribution in [1.82, 2.24) is 13.9 Å². The lowest BCUT2D eigenvalue weighted by molar-refractivity contribution is 0.0996. The molecule has 0 unspecified atom stereocenters. The highest BCUT2D eigenvalue weighted by Gasteiger charge is 2.28. The molecule has 30 heavy (non-hydrogen) atoms. The number of rotatable bonds is 7. The zero-order chi connectivity index (χ0) is 21.3. The standard InChI is InChI=1S/C21H24N4O4S/c1-15-23-18-6-2-3-7-19(18)25(15)12-13-29-20-9-8-16(14-17(20)21(22)26)30(27,28)24-10-4-5-11-24/h2-3,6-9,14H,4-5,10-13H2,1H3,(H2,22,26). The minimum atomic E-state index is -3.64. The highest BCUT2D eigenvalue weighted by molar-refractivity contribution is 7.89. The first kappa shape index (κ1) is 20.4. The monoisotopic (exact) mass is 428 g/mol. The Morgan fingerprint density at radius 2 is 1.90 bits per heavy atom. The zero-order valence-electron chi connectivity index (χ0n) is 16.7. The fourth-order valence-electron chi connectivity index (χ4n) is 3.79. The zero-order valence-corrected chi connectivity index (χ0v) is 17.6. The molecule has 1 fully saturated rings. The van der Waals surface area contributed by atoms with Gasteiger partial charge in [-0.05, 0) is 50.1 Å². The summed E-state index contributed by atoms with van der Waals surface area (Å²) >= 11 is 0. The summed E-state index contributed by atoms with van der Waals surface area (Å²) in [6.45, 7) is 3.71. The molecule has 1 aliphatic rings. The van der Waals surface area contributed by atoms with Gasteiger partial charge in [0.05, 0.1) is 28.0 Å². The summed E-state index contributed by atoms with van der Waals surface area (Å²) in [4.78, 5) is 16.5. The van der Waals surface area contributed by atoms with Crippen molar-refractivity contribution < 1.29 is 17.9 Å². The molecule has 1 aromatic heterocycles. The van der Waals surface area contributed by atoms with Gasteiger partial charge in [0, 0.05) is 13.1 Å². The number of fused-ring (bicyclic) bond motifs is 1. The molecule has 158 valence electrons. The summed E-state index contributed by atoms with van der Waals surface area (Å²) in [7, 11) is -3.64. The van der Waals surface area contributed by atoms with E-state index in [2.05, 4.69) is 4.98 Å². The number of nitrogens with zero attached hydrogens (tertiary/aromatic N) is 3. The Morgan fingerprint density at radius 3 is 2.63 bits per heavy atom. The average molecular weight is 429 g/mol. The van der Waals surface area contributed by atoms with Crippen LogP contribution < -0.4 is 10.5 Å². The van der Waals surface area contributed by atoms with E-state index in [0.717, 1.165) is 29.7 Å². The second-order valence-electron chi connectivity index (χ2n) is 7.28. The molecule has 1 amide bonds. The lowest BCUT2D eigenvalue weighted by Crippen LogP contribution is -2.28. The van der Waals surface area contributed by atoms with Gasteiger partial charge in [-0.3, -0.25) is 4.79 Å². The van der Waals surface area contributed by atoms with E-state index >= 15 is 0 Å². The quantitative estimate of drug-likeness (QED) is 0.621. The Labute approximate surface area is 175 Å². The first-order valence-corrected chi connectivity index (χ1v) is 11.3. The fourth-order valence-corrected chi connectivity index (χ4v) is 5.33. The van der Waals surface area contributed by atoms with E-state index in [1.807, 2.05) is 35.8 Å². The Kier molecular flexibility index (Phi) is 5.48. The summed E-state index contributed by atoms with van der Waals surface area (Å²) in [6, 6.07) is 12.1. The van der Waals surface area contributed by atoms with Crippen molar-refractivity contribution in [2.45, 2.75) is 31.2 Å². The van der Waals surface area contributed by atoms with Crippen LogP contribution in [0.25, 0.3) is 11.0 Å². The first-order chi connectivity index (χ1) is 14.4. The van der Waals surface area contributed by atoms with Crippen LogP contribution in [-0.4, -0.2) is 47.9 Å². The van der Waals surface area contributed by atoms with Crippen molar-refractivity contribution in [2.24, 2.45) is 5.73 Å². The van der Waals surface area contributed by atoms with Crippen molar-refractivity contribution in [3.8, 4) is 5.75 Å².